The lowest BCUT2D eigenvalue weighted by atomic mass is 10.2. The zero-order valence-corrected chi connectivity index (χ0v) is 17.5. The summed E-state index contributed by atoms with van der Waals surface area (Å²) in [5, 5.41) is 0.700. The standard InChI is InChI=1S/C20H21ClN4O3S/c1-23(20-15-6-2-5-9-18(15)29(27,28)22-20)14-19(26)25-12-10-24(11-13-25)17-8-4-3-7-16(17)21/h2-9H,10-14H2,1H3. The Morgan fingerprint density at radius 1 is 1.07 bits per heavy atom. The number of amidine groups is 1. The van der Waals surface area contributed by atoms with Crippen molar-refractivity contribution in [1.29, 1.82) is 0 Å². The van der Waals surface area contributed by atoms with Crippen molar-refractivity contribution in [2.75, 3.05) is 44.7 Å². The maximum atomic E-state index is 12.8. The summed E-state index contributed by atoms with van der Waals surface area (Å²) < 4.78 is 28.3. The first-order valence-corrected chi connectivity index (χ1v) is 11.1. The second kappa shape index (κ2) is 7.68. The number of rotatable bonds is 3. The highest BCUT2D eigenvalue weighted by molar-refractivity contribution is 7.90. The Bertz CT molecular complexity index is 1080. The molecule has 1 amide bonds. The smallest absolute Gasteiger partial charge is 0.285 e. The number of likely N-dealkylation sites (N-methyl/N-ethyl adjacent to an activating group) is 1. The number of anilines is 1. The molecule has 2 aliphatic heterocycles. The van der Waals surface area contributed by atoms with Crippen molar-refractivity contribution in [2.24, 2.45) is 4.40 Å². The maximum Gasteiger partial charge on any atom is 0.285 e. The highest BCUT2D eigenvalue weighted by Crippen LogP contribution is 2.28. The minimum atomic E-state index is -3.70. The molecule has 0 radical (unpaired) electrons. The maximum absolute atomic E-state index is 12.8. The second-order valence-corrected chi connectivity index (χ2v) is 9.04. The number of carbonyl (C=O) groups is 1. The van der Waals surface area contributed by atoms with Crippen LogP contribution in [-0.2, 0) is 14.8 Å². The van der Waals surface area contributed by atoms with Crippen molar-refractivity contribution in [1.82, 2.24) is 9.80 Å². The Hall–Kier alpha value is -2.58. The fraction of sp³-hybridized carbons (Fsp3) is 0.300. The molecule has 0 bridgehead atoms. The number of hydrogen-bond acceptors (Lipinski definition) is 5. The molecule has 7 nitrogen and oxygen atoms in total. The average molecular weight is 433 g/mol. The lowest BCUT2D eigenvalue weighted by molar-refractivity contribution is -0.131. The second-order valence-electron chi connectivity index (χ2n) is 7.06. The van der Waals surface area contributed by atoms with E-state index in [2.05, 4.69) is 9.30 Å². The third-order valence-corrected chi connectivity index (χ3v) is 6.82. The van der Waals surface area contributed by atoms with E-state index in [1.54, 1.807) is 35.0 Å². The predicted octanol–water partition coefficient (Wildman–Crippen LogP) is 2.07. The molecule has 1 fully saturated rings. The van der Waals surface area contributed by atoms with Crippen molar-refractivity contribution < 1.29 is 13.2 Å². The Kier molecular flexibility index (Phi) is 5.23. The van der Waals surface area contributed by atoms with E-state index < -0.39 is 10.0 Å². The van der Waals surface area contributed by atoms with Crippen molar-refractivity contribution in [3.63, 3.8) is 0 Å². The average Bonchev–Trinajstić information content (AvgIpc) is 3.00. The molecule has 0 saturated carbocycles. The zero-order chi connectivity index (χ0) is 20.6. The number of para-hydroxylation sites is 1. The van der Waals surface area contributed by atoms with Gasteiger partial charge in [-0.2, -0.15) is 8.42 Å². The summed E-state index contributed by atoms with van der Waals surface area (Å²) in [5.41, 5.74) is 1.51. The van der Waals surface area contributed by atoms with Gasteiger partial charge in [-0.15, -0.1) is 4.40 Å². The third-order valence-electron chi connectivity index (χ3n) is 5.17. The molecular weight excluding hydrogens is 412 g/mol. The summed E-state index contributed by atoms with van der Waals surface area (Å²) in [7, 11) is -2.01. The van der Waals surface area contributed by atoms with Gasteiger partial charge in [0.15, 0.2) is 5.84 Å². The minimum absolute atomic E-state index is 0.0595. The van der Waals surface area contributed by atoms with Gasteiger partial charge in [-0.1, -0.05) is 35.9 Å². The number of benzene rings is 2. The SMILES string of the molecule is CN(CC(=O)N1CCN(c2ccccc2Cl)CC1)C1=NS(=O)(=O)c2ccccc21. The van der Waals surface area contributed by atoms with Crippen LogP contribution in [0.15, 0.2) is 57.8 Å². The number of fused-ring (bicyclic) bond motifs is 1. The van der Waals surface area contributed by atoms with Crippen LogP contribution in [0, 0.1) is 0 Å². The van der Waals surface area contributed by atoms with E-state index in [4.69, 9.17) is 11.6 Å². The largest absolute Gasteiger partial charge is 0.367 e. The van der Waals surface area contributed by atoms with Gasteiger partial charge in [0.2, 0.25) is 5.91 Å². The molecule has 0 spiro atoms. The number of piperazine rings is 1. The molecule has 0 atom stereocenters. The lowest BCUT2D eigenvalue weighted by Crippen LogP contribution is -2.51. The third kappa shape index (κ3) is 3.82. The van der Waals surface area contributed by atoms with Crippen molar-refractivity contribution in [3.05, 3.63) is 59.1 Å². The molecule has 1 saturated heterocycles. The van der Waals surface area contributed by atoms with Crippen molar-refractivity contribution in [2.45, 2.75) is 4.90 Å². The van der Waals surface area contributed by atoms with Crippen LogP contribution in [0.1, 0.15) is 5.56 Å². The molecule has 2 heterocycles. The molecule has 0 unspecified atom stereocenters. The Morgan fingerprint density at radius 2 is 1.72 bits per heavy atom. The number of hydrogen-bond donors (Lipinski definition) is 0. The molecule has 29 heavy (non-hydrogen) atoms. The van der Waals surface area contributed by atoms with Gasteiger partial charge in [-0.25, -0.2) is 0 Å². The molecule has 152 valence electrons. The number of carbonyl (C=O) groups excluding carboxylic acids is 1. The molecule has 0 aliphatic carbocycles. The fourth-order valence-electron chi connectivity index (χ4n) is 3.65. The summed E-state index contributed by atoms with van der Waals surface area (Å²) in [6.45, 7) is 2.61. The summed E-state index contributed by atoms with van der Waals surface area (Å²) in [5.74, 6) is 0.249. The highest BCUT2D eigenvalue weighted by atomic mass is 35.5. The van der Waals surface area contributed by atoms with E-state index in [1.165, 1.54) is 6.07 Å². The Balaban J connectivity index is 1.40. The van der Waals surface area contributed by atoms with E-state index in [9.17, 15) is 13.2 Å². The summed E-state index contributed by atoms with van der Waals surface area (Å²) in [4.78, 5) is 18.5. The topological polar surface area (TPSA) is 73.3 Å². The highest BCUT2D eigenvalue weighted by Gasteiger charge is 2.32. The van der Waals surface area contributed by atoms with E-state index in [1.807, 2.05) is 24.3 Å². The van der Waals surface area contributed by atoms with Gasteiger partial charge in [0.05, 0.1) is 17.3 Å². The van der Waals surface area contributed by atoms with Crippen LogP contribution in [0.3, 0.4) is 0 Å². The number of halogens is 1. The van der Waals surface area contributed by atoms with Crippen LogP contribution in [0.25, 0.3) is 0 Å². The van der Waals surface area contributed by atoms with E-state index in [0.29, 0.717) is 42.6 Å². The molecule has 2 aromatic carbocycles. The number of nitrogens with zero attached hydrogens (tertiary/aromatic N) is 4. The van der Waals surface area contributed by atoms with Crippen LogP contribution in [0.5, 0.6) is 0 Å². The Morgan fingerprint density at radius 3 is 2.45 bits per heavy atom. The monoisotopic (exact) mass is 432 g/mol. The van der Waals surface area contributed by atoms with E-state index in [0.717, 1.165) is 5.69 Å². The molecule has 4 rings (SSSR count). The molecule has 0 aromatic heterocycles. The van der Waals surface area contributed by atoms with Crippen LogP contribution >= 0.6 is 11.6 Å². The van der Waals surface area contributed by atoms with Crippen molar-refractivity contribution >= 4 is 39.1 Å². The molecule has 9 heteroatoms. The summed E-state index contributed by atoms with van der Waals surface area (Å²) >= 11 is 6.27. The summed E-state index contributed by atoms with van der Waals surface area (Å²) in [6, 6.07) is 14.3. The molecular formula is C20H21ClN4O3S. The normalized spacial score (nSPS) is 17.7. The minimum Gasteiger partial charge on any atom is -0.367 e. The van der Waals surface area contributed by atoms with Gasteiger partial charge in [-0.05, 0) is 24.3 Å². The summed E-state index contributed by atoms with van der Waals surface area (Å²) in [6.07, 6.45) is 0. The van der Waals surface area contributed by atoms with E-state index in [-0.39, 0.29) is 17.3 Å². The molecule has 2 aromatic rings. The molecule has 0 N–H and O–H groups in total. The van der Waals surface area contributed by atoms with Crippen LogP contribution < -0.4 is 4.90 Å². The van der Waals surface area contributed by atoms with Gasteiger partial charge in [0.25, 0.3) is 10.0 Å². The lowest BCUT2D eigenvalue weighted by Gasteiger charge is -2.37. The first-order valence-electron chi connectivity index (χ1n) is 9.29. The quantitative estimate of drug-likeness (QED) is 0.742. The van der Waals surface area contributed by atoms with E-state index >= 15 is 0 Å². The fourth-order valence-corrected chi connectivity index (χ4v) is 5.15. The van der Waals surface area contributed by atoms with Gasteiger partial charge < -0.3 is 14.7 Å². The van der Waals surface area contributed by atoms with Crippen LogP contribution in [0.4, 0.5) is 5.69 Å². The first-order chi connectivity index (χ1) is 13.9. The zero-order valence-electron chi connectivity index (χ0n) is 16.0. The predicted molar refractivity (Wildman–Crippen MR) is 113 cm³/mol. The Labute approximate surface area is 175 Å². The van der Waals surface area contributed by atoms with Crippen molar-refractivity contribution in [3.8, 4) is 0 Å². The van der Waals surface area contributed by atoms with Crippen LogP contribution in [0.2, 0.25) is 5.02 Å². The van der Waals surface area contributed by atoms with Crippen LogP contribution in [-0.4, -0.2) is 69.7 Å². The first kappa shape index (κ1) is 19.7. The van der Waals surface area contributed by atoms with Gasteiger partial charge in [0.1, 0.15) is 4.90 Å². The number of sulfonamides is 1. The van der Waals surface area contributed by atoms with Gasteiger partial charge >= 0.3 is 0 Å². The number of amides is 1. The molecule has 2 aliphatic rings. The van der Waals surface area contributed by atoms with Gasteiger partial charge in [-0.3, -0.25) is 4.79 Å². The van der Waals surface area contributed by atoms with Gasteiger partial charge in [0, 0.05) is 38.8 Å².